The van der Waals surface area contributed by atoms with E-state index >= 15 is 0 Å². The fourth-order valence-electron chi connectivity index (χ4n) is 4.26. The van der Waals surface area contributed by atoms with Crippen LogP contribution in [0.3, 0.4) is 0 Å². The van der Waals surface area contributed by atoms with Crippen LogP contribution in [0.4, 0.5) is 0 Å². The Labute approximate surface area is 197 Å². The highest BCUT2D eigenvalue weighted by atomic mass is 32.2. The molecule has 2 heterocycles. The predicted octanol–water partition coefficient (Wildman–Crippen LogP) is 3.20. The number of fused-ring (bicyclic) bond motifs is 2. The Hall–Kier alpha value is -3.56. The second-order valence-corrected chi connectivity index (χ2v) is 11.2. The molecule has 4 aromatic rings. The van der Waals surface area contributed by atoms with Gasteiger partial charge in [-0.15, -0.1) is 0 Å². The Morgan fingerprint density at radius 1 is 1.15 bits per heavy atom. The van der Waals surface area contributed by atoms with Crippen molar-refractivity contribution in [3.8, 4) is 11.3 Å². The summed E-state index contributed by atoms with van der Waals surface area (Å²) in [4.78, 5) is 25.3. The minimum absolute atomic E-state index is 0.248. The van der Waals surface area contributed by atoms with Crippen LogP contribution in [-0.2, 0) is 16.3 Å². The lowest BCUT2D eigenvalue weighted by molar-refractivity contribution is 0.0859. The van der Waals surface area contributed by atoms with E-state index in [0.717, 1.165) is 11.1 Å². The number of hydrogen-bond donors (Lipinski definition) is 3. The van der Waals surface area contributed by atoms with Crippen molar-refractivity contribution < 1.29 is 18.3 Å². The second kappa shape index (κ2) is 8.34. The first kappa shape index (κ1) is 22.2. The SMILES string of the molecule is CC(C)S(=O)(=O)c1ccc(-c2cnc3[nH]cc(C(=O)N[C@@H]4c5ccccc5C[C@H]4O)c3n2)cc1. The van der Waals surface area contributed by atoms with Crippen LogP contribution in [0.5, 0.6) is 0 Å². The average molecular weight is 477 g/mol. The molecule has 8 nitrogen and oxygen atoms in total. The van der Waals surface area contributed by atoms with Crippen molar-refractivity contribution in [2.75, 3.05) is 0 Å². The number of H-pyrrole nitrogens is 1. The fraction of sp³-hybridized carbons (Fsp3) is 0.240. The average Bonchev–Trinajstić information content (AvgIpc) is 3.39. The van der Waals surface area contributed by atoms with Gasteiger partial charge in [0, 0.05) is 18.2 Å². The molecule has 0 spiro atoms. The van der Waals surface area contributed by atoms with Crippen molar-refractivity contribution in [3.05, 3.63) is 77.6 Å². The number of aliphatic hydroxyl groups is 1. The van der Waals surface area contributed by atoms with Crippen LogP contribution in [0.2, 0.25) is 0 Å². The number of sulfone groups is 1. The summed E-state index contributed by atoms with van der Waals surface area (Å²) in [5, 5.41) is 12.9. The molecule has 174 valence electrons. The number of amides is 1. The number of aromatic amines is 1. The number of aliphatic hydroxyl groups excluding tert-OH is 1. The van der Waals surface area contributed by atoms with Crippen molar-refractivity contribution in [1.29, 1.82) is 0 Å². The van der Waals surface area contributed by atoms with Gasteiger partial charge in [0.15, 0.2) is 15.5 Å². The third-order valence-corrected chi connectivity index (χ3v) is 8.39. The Morgan fingerprint density at radius 2 is 1.88 bits per heavy atom. The largest absolute Gasteiger partial charge is 0.390 e. The first-order chi connectivity index (χ1) is 16.3. The summed E-state index contributed by atoms with van der Waals surface area (Å²) in [6, 6.07) is 13.6. The minimum atomic E-state index is -3.37. The maximum Gasteiger partial charge on any atom is 0.255 e. The molecule has 0 bridgehead atoms. The summed E-state index contributed by atoms with van der Waals surface area (Å²) < 4.78 is 24.8. The van der Waals surface area contributed by atoms with Crippen molar-refractivity contribution in [3.63, 3.8) is 0 Å². The van der Waals surface area contributed by atoms with Gasteiger partial charge in [-0.3, -0.25) is 4.79 Å². The fourth-order valence-corrected chi connectivity index (χ4v) is 5.32. The highest BCUT2D eigenvalue weighted by Crippen LogP contribution is 2.32. The van der Waals surface area contributed by atoms with Gasteiger partial charge in [0.05, 0.1) is 39.7 Å². The van der Waals surface area contributed by atoms with Gasteiger partial charge < -0.3 is 15.4 Å². The Bertz CT molecular complexity index is 1490. The number of benzene rings is 2. The molecule has 1 aliphatic carbocycles. The van der Waals surface area contributed by atoms with Gasteiger partial charge in [0.25, 0.3) is 5.91 Å². The van der Waals surface area contributed by atoms with Crippen LogP contribution in [0.1, 0.15) is 41.4 Å². The van der Waals surface area contributed by atoms with Crippen molar-refractivity contribution >= 4 is 26.9 Å². The Kier molecular flexibility index (Phi) is 5.45. The molecule has 1 amide bonds. The standard InChI is InChI=1S/C25H24N4O4S/c1-14(2)34(32,33)17-9-7-15(8-10-17)20-13-27-24-23(28-20)19(12-26-24)25(31)29-22-18-6-4-3-5-16(18)11-21(22)30/h3-10,12-14,21-22,30H,11H2,1-2H3,(H,26,27)(H,29,31)/t21-,22-/m1/s1. The van der Waals surface area contributed by atoms with Gasteiger partial charge in [-0.1, -0.05) is 36.4 Å². The van der Waals surface area contributed by atoms with Crippen LogP contribution in [-0.4, -0.2) is 45.7 Å². The zero-order chi connectivity index (χ0) is 24.0. The maximum atomic E-state index is 13.1. The topological polar surface area (TPSA) is 125 Å². The summed E-state index contributed by atoms with van der Waals surface area (Å²) in [5.41, 5.74) is 4.30. The normalized spacial score (nSPS) is 17.8. The molecule has 0 fully saturated rings. The number of carbonyl (C=O) groups is 1. The van der Waals surface area contributed by atoms with E-state index in [1.165, 1.54) is 0 Å². The monoisotopic (exact) mass is 476 g/mol. The zero-order valence-electron chi connectivity index (χ0n) is 18.7. The van der Waals surface area contributed by atoms with Crippen molar-refractivity contribution in [2.45, 2.75) is 42.6 Å². The lowest BCUT2D eigenvalue weighted by atomic mass is 10.1. The maximum absolute atomic E-state index is 13.1. The third-order valence-electron chi connectivity index (χ3n) is 6.22. The van der Waals surface area contributed by atoms with Gasteiger partial charge in [-0.2, -0.15) is 0 Å². The Balaban J connectivity index is 1.44. The lowest BCUT2D eigenvalue weighted by Gasteiger charge is -2.17. The molecule has 3 N–H and O–H groups in total. The van der Waals surface area contributed by atoms with Crippen LogP contribution in [0.15, 0.2) is 65.8 Å². The highest BCUT2D eigenvalue weighted by molar-refractivity contribution is 7.92. The molecule has 0 radical (unpaired) electrons. The van der Waals surface area contributed by atoms with E-state index < -0.39 is 27.2 Å². The molecule has 5 rings (SSSR count). The molecule has 0 aliphatic heterocycles. The summed E-state index contributed by atoms with van der Waals surface area (Å²) in [7, 11) is -3.37. The van der Waals surface area contributed by atoms with E-state index in [4.69, 9.17) is 0 Å². The lowest BCUT2D eigenvalue weighted by Crippen LogP contribution is -2.33. The molecule has 2 aromatic carbocycles. The van der Waals surface area contributed by atoms with Crippen LogP contribution < -0.4 is 5.32 Å². The van der Waals surface area contributed by atoms with Gasteiger partial charge in [-0.25, -0.2) is 18.4 Å². The molecule has 2 atom stereocenters. The van der Waals surface area contributed by atoms with Gasteiger partial charge in [0.2, 0.25) is 0 Å². The molecule has 1 aliphatic rings. The number of nitrogens with zero attached hydrogens (tertiary/aromatic N) is 2. The summed E-state index contributed by atoms with van der Waals surface area (Å²) in [6.45, 7) is 3.29. The molecule has 34 heavy (non-hydrogen) atoms. The Morgan fingerprint density at radius 3 is 2.62 bits per heavy atom. The number of hydrogen-bond acceptors (Lipinski definition) is 6. The summed E-state index contributed by atoms with van der Waals surface area (Å²) in [5.74, 6) is -0.364. The smallest absolute Gasteiger partial charge is 0.255 e. The molecule has 2 aromatic heterocycles. The third kappa shape index (κ3) is 3.76. The first-order valence-corrected chi connectivity index (χ1v) is 12.6. The minimum Gasteiger partial charge on any atom is -0.390 e. The number of carbonyl (C=O) groups excluding carboxylic acids is 1. The number of rotatable bonds is 5. The quantitative estimate of drug-likeness (QED) is 0.406. The van der Waals surface area contributed by atoms with E-state index in [2.05, 4.69) is 20.3 Å². The van der Waals surface area contributed by atoms with E-state index in [1.54, 1.807) is 50.5 Å². The van der Waals surface area contributed by atoms with E-state index in [1.807, 2.05) is 24.3 Å². The van der Waals surface area contributed by atoms with Crippen LogP contribution in [0.25, 0.3) is 22.4 Å². The molecule has 9 heteroatoms. The summed E-state index contributed by atoms with van der Waals surface area (Å²) >= 11 is 0. The summed E-state index contributed by atoms with van der Waals surface area (Å²) in [6.07, 6.45) is 2.91. The first-order valence-electron chi connectivity index (χ1n) is 11.0. The predicted molar refractivity (Wildman–Crippen MR) is 128 cm³/mol. The molecule has 0 unspecified atom stereocenters. The number of aromatic nitrogens is 3. The number of nitrogens with one attached hydrogen (secondary N) is 2. The van der Waals surface area contributed by atoms with Gasteiger partial charge in [-0.05, 0) is 37.1 Å². The van der Waals surface area contributed by atoms with Crippen molar-refractivity contribution in [1.82, 2.24) is 20.3 Å². The van der Waals surface area contributed by atoms with Crippen molar-refractivity contribution in [2.24, 2.45) is 0 Å². The molecular formula is C25H24N4O4S. The highest BCUT2D eigenvalue weighted by Gasteiger charge is 2.32. The molecule has 0 saturated carbocycles. The zero-order valence-corrected chi connectivity index (χ0v) is 19.5. The second-order valence-electron chi connectivity index (χ2n) is 8.69. The van der Waals surface area contributed by atoms with Crippen LogP contribution >= 0.6 is 0 Å². The van der Waals surface area contributed by atoms with Crippen LogP contribution in [0, 0.1) is 0 Å². The van der Waals surface area contributed by atoms with E-state index in [0.29, 0.717) is 34.4 Å². The van der Waals surface area contributed by atoms with E-state index in [-0.39, 0.29) is 10.8 Å². The molecular weight excluding hydrogens is 452 g/mol. The molecule has 0 saturated heterocycles. The van der Waals surface area contributed by atoms with Gasteiger partial charge in [0.1, 0.15) is 5.52 Å². The van der Waals surface area contributed by atoms with E-state index in [9.17, 15) is 18.3 Å². The van der Waals surface area contributed by atoms with Gasteiger partial charge >= 0.3 is 0 Å².